The fraction of sp³-hybridized carbons (Fsp3) is 0.923. The number of Topliss-reactive ketones (excluding diaryl/α,β-unsaturated/α-hetero) is 1. The van der Waals surface area contributed by atoms with E-state index in [1.807, 2.05) is 0 Å². The fourth-order valence-electron chi connectivity index (χ4n) is 3.29. The zero-order valence-electron chi connectivity index (χ0n) is 10.2. The van der Waals surface area contributed by atoms with E-state index in [0.29, 0.717) is 17.6 Å². The zero-order chi connectivity index (χ0) is 10.7. The maximum atomic E-state index is 12.1. The molecule has 2 fully saturated rings. The third-order valence-corrected chi connectivity index (χ3v) is 4.08. The van der Waals surface area contributed by atoms with E-state index in [4.69, 9.17) is 0 Å². The molecular formula is C13H24ClNO. The van der Waals surface area contributed by atoms with Gasteiger partial charge in [0.2, 0.25) is 0 Å². The molecule has 0 amide bonds. The number of hydrogen-bond acceptors (Lipinski definition) is 2. The molecule has 0 bridgehead atoms. The summed E-state index contributed by atoms with van der Waals surface area (Å²) in [5.41, 5.74) is 0. The van der Waals surface area contributed by atoms with Crippen molar-refractivity contribution >= 4 is 18.2 Å². The van der Waals surface area contributed by atoms with Gasteiger partial charge in [-0.1, -0.05) is 19.8 Å². The highest BCUT2D eigenvalue weighted by Crippen LogP contribution is 2.42. The van der Waals surface area contributed by atoms with Gasteiger partial charge in [-0.25, -0.2) is 0 Å². The molecule has 2 rings (SSSR count). The molecular weight excluding hydrogens is 222 g/mol. The van der Waals surface area contributed by atoms with Gasteiger partial charge in [-0.05, 0) is 38.1 Å². The lowest BCUT2D eigenvalue weighted by Gasteiger charge is -2.22. The summed E-state index contributed by atoms with van der Waals surface area (Å²) in [5.74, 6) is 2.08. The number of carbonyl (C=O) groups is 1. The molecule has 94 valence electrons. The Bertz CT molecular complexity index is 232. The Kier molecular flexibility index (Phi) is 5.77. The van der Waals surface area contributed by atoms with Crippen molar-refractivity contribution in [1.82, 2.24) is 5.32 Å². The topological polar surface area (TPSA) is 29.1 Å². The Balaban J connectivity index is 0.00000128. The van der Waals surface area contributed by atoms with E-state index in [0.717, 1.165) is 25.4 Å². The third kappa shape index (κ3) is 2.98. The highest BCUT2D eigenvalue weighted by Gasteiger charge is 2.42. The SMILES string of the molecule is CCCNCC1CC2CCCCC2C1=O.Cl. The van der Waals surface area contributed by atoms with Crippen LogP contribution in [0.3, 0.4) is 0 Å². The van der Waals surface area contributed by atoms with Gasteiger partial charge < -0.3 is 5.32 Å². The highest BCUT2D eigenvalue weighted by atomic mass is 35.5. The molecule has 2 aliphatic carbocycles. The number of fused-ring (bicyclic) bond motifs is 1. The second-order valence-electron chi connectivity index (χ2n) is 5.19. The summed E-state index contributed by atoms with van der Waals surface area (Å²) < 4.78 is 0. The lowest BCUT2D eigenvalue weighted by atomic mass is 9.81. The van der Waals surface area contributed by atoms with Crippen LogP contribution >= 0.6 is 12.4 Å². The number of hydrogen-bond donors (Lipinski definition) is 1. The predicted molar refractivity (Wildman–Crippen MR) is 69.0 cm³/mol. The number of halogens is 1. The van der Waals surface area contributed by atoms with Crippen LogP contribution < -0.4 is 5.32 Å². The van der Waals surface area contributed by atoms with Gasteiger partial charge in [0.25, 0.3) is 0 Å². The van der Waals surface area contributed by atoms with Crippen LogP contribution in [0.5, 0.6) is 0 Å². The largest absolute Gasteiger partial charge is 0.316 e. The zero-order valence-corrected chi connectivity index (χ0v) is 11.0. The Morgan fingerprint density at radius 1 is 1.31 bits per heavy atom. The summed E-state index contributed by atoms with van der Waals surface area (Å²) in [5, 5.41) is 3.40. The molecule has 1 N–H and O–H groups in total. The standard InChI is InChI=1S/C13H23NO.ClH/c1-2-7-14-9-11-8-10-5-3-4-6-12(10)13(11)15;/h10-12,14H,2-9H2,1H3;1H. The van der Waals surface area contributed by atoms with Gasteiger partial charge in [-0.2, -0.15) is 0 Å². The molecule has 0 heterocycles. The van der Waals surface area contributed by atoms with Crippen molar-refractivity contribution in [3.63, 3.8) is 0 Å². The molecule has 3 atom stereocenters. The molecule has 0 aromatic carbocycles. The van der Waals surface area contributed by atoms with Gasteiger partial charge in [0.15, 0.2) is 0 Å². The van der Waals surface area contributed by atoms with E-state index in [1.165, 1.54) is 32.1 Å². The maximum absolute atomic E-state index is 12.1. The van der Waals surface area contributed by atoms with E-state index in [1.54, 1.807) is 0 Å². The summed E-state index contributed by atoms with van der Waals surface area (Å²) in [4.78, 5) is 12.1. The molecule has 2 aliphatic rings. The monoisotopic (exact) mass is 245 g/mol. The number of carbonyl (C=O) groups excluding carboxylic acids is 1. The van der Waals surface area contributed by atoms with Crippen LogP contribution in [0.1, 0.15) is 45.4 Å². The second-order valence-corrected chi connectivity index (χ2v) is 5.19. The van der Waals surface area contributed by atoms with Crippen LogP contribution in [0.4, 0.5) is 0 Å². The molecule has 16 heavy (non-hydrogen) atoms. The van der Waals surface area contributed by atoms with Gasteiger partial charge in [-0.15, -0.1) is 12.4 Å². The quantitative estimate of drug-likeness (QED) is 0.772. The van der Waals surface area contributed by atoms with Crippen LogP contribution in [-0.4, -0.2) is 18.9 Å². The van der Waals surface area contributed by atoms with Gasteiger partial charge in [0.05, 0.1) is 0 Å². The lowest BCUT2D eigenvalue weighted by molar-refractivity contribution is -0.124. The summed E-state index contributed by atoms with van der Waals surface area (Å²) in [6, 6.07) is 0. The van der Waals surface area contributed by atoms with Crippen molar-refractivity contribution < 1.29 is 4.79 Å². The number of rotatable bonds is 4. The smallest absolute Gasteiger partial charge is 0.140 e. The first kappa shape index (κ1) is 14.0. The molecule has 0 aromatic rings. The van der Waals surface area contributed by atoms with Gasteiger partial charge >= 0.3 is 0 Å². The van der Waals surface area contributed by atoms with Crippen LogP contribution in [0.2, 0.25) is 0 Å². The fourth-order valence-corrected chi connectivity index (χ4v) is 3.29. The maximum Gasteiger partial charge on any atom is 0.140 e. The summed E-state index contributed by atoms with van der Waals surface area (Å²) in [7, 11) is 0. The van der Waals surface area contributed by atoms with Crippen LogP contribution in [0, 0.1) is 17.8 Å². The third-order valence-electron chi connectivity index (χ3n) is 4.08. The van der Waals surface area contributed by atoms with E-state index in [2.05, 4.69) is 12.2 Å². The van der Waals surface area contributed by atoms with Crippen molar-refractivity contribution in [2.45, 2.75) is 45.4 Å². The highest BCUT2D eigenvalue weighted by molar-refractivity contribution is 5.86. The van der Waals surface area contributed by atoms with Gasteiger partial charge in [-0.3, -0.25) is 4.79 Å². The predicted octanol–water partition coefficient (Wildman–Crippen LogP) is 2.80. The lowest BCUT2D eigenvalue weighted by Crippen LogP contribution is -2.28. The Morgan fingerprint density at radius 3 is 2.75 bits per heavy atom. The Hall–Kier alpha value is -0.0800. The first-order valence-electron chi connectivity index (χ1n) is 6.57. The molecule has 0 saturated heterocycles. The molecule has 2 saturated carbocycles. The van der Waals surface area contributed by atoms with Crippen molar-refractivity contribution in [2.24, 2.45) is 17.8 Å². The molecule has 2 nitrogen and oxygen atoms in total. The van der Waals surface area contributed by atoms with Crippen molar-refractivity contribution in [1.29, 1.82) is 0 Å². The molecule has 0 radical (unpaired) electrons. The summed E-state index contributed by atoms with van der Waals surface area (Å²) in [6.07, 6.45) is 7.44. The summed E-state index contributed by atoms with van der Waals surface area (Å²) >= 11 is 0. The average molecular weight is 246 g/mol. The first-order chi connectivity index (χ1) is 7.33. The number of nitrogens with one attached hydrogen (secondary N) is 1. The average Bonchev–Trinajstić information content (AvgIpc) is 2.57. The van der Waals surface area contributed by atoms with Crippen LogP contribution in [0.25, 0.3) is 0 Å². The molecule has 0 aromatic heterocycles. The molecule has 3 unspecified atom stereocenters. The van der Waals surface area contributed by atoms with Crippen molar-refractivity contribution in [2.75, 3.05) is 13.1 Å². The molecule has 3 heteroatoms. The minimum Gasteiger partial charge on any atom is -0.316 e. The molecule has 0 spiro atoms. The van der Waals surface area contributed by atoms with Crippen molar-refractivity contribution in [3.05, 3.63) is 0 Å². The van der Waals surface area contributed by atoms with Crippen LogP contribution in [0.15, 0.2) is 0 Å². The Morgan fingerprint density at radius 2 is 2.06 bits per heavy atom. The van der Waals surface area contributed by atoms with E-state index >= 15 is 0 Å². The first-order valence-corrected chi connectivity index (χ1v) is 6.57. The van der Waals surface area contributed by atoms with Gasteiger partial charge in [0, 0.05) is 18.4 Å². The molecule has 0 aliphatic heterocycles. The van der Waals surface area contributed by atoms with E-state index < -0.39 is 0 Å². The Labute approximate surface area is 105 Å². The minimum atomic E-state index is 0. The van der Waals surface area contributed by atoms with Crippen molar-refractivity contribution in [3.8, 4) is 0 Å². The van der Waals surface area contributed by atoms with E-state index in [-0.39, 0.29) is 12.4 Å². The summed E-state index contributed by atoms with van der Waals surface area (Å²) in [6.45, 7) is 4.15. The normalized spacial score (nSPS) is 33.3. The second kappa shape index (κ2) is 6.61. The number of ketones is 1. The van der Waals surface area contributed by atoms with Gasteiger partial charge in [0.1, 0.15) is 5.78 Å². The van der Waals surface area contributed by atoms with Crippen LogP contribution in [-0.2, 0) is 4.79 Å². The minimum absolute atomic E-state index is 0. The van der Waals surface area contributed by atoms with E-state index in [9.17, 15) is 4.79 Å².